The zero-order valence-corrected chi connectivity index (χ0v) is 60.6. The molecule has 0 saturated heterocycles. The number of unbranched alkanes of at least 4 members (excludes halogenated alkanes) is 33. The fourth-order valence-corrected chi connectivity index (χ4v) is 12.2. The smallest absolute Gasteiger partial charge is 0.462 e. The van der Waals surface area contributed by atoms with Crippen LogP contribution in [-0.2, 0) is 65.4 Å². The lowest BCUT2D eigenvalue weighted by Gasteiger charge is -2.21. The Bertz CT molecular complexity index is 1780. The van der Waals surface area contributed by atoms with E-state index in [-0.39, 0.29) is 25.7 Å². The van der Waals surface area contributed by atoms with Crippen molar-refractivity contribution in [3.8, 4) is 0 Å². The number of aliphatic hydroxyl groups is 1. The Hall–Kier alpha value is -1.94. The summed E-state index contributed by atoms with van der Waals surface area (Å²) in [4.78, 5) is 72.5. The number of hydrogen-bond acceptors (Lipinski definition) is 15. The zero-order chi connectivity index (χ0) is 66.8. The summed E-state index contributed by atoms with van der Waals surface area (Å²) in [6.07, 6.45) is 43.2. The first-order valence-electron chi connectivity index (χ1n) is 36.7. The van der Waals surface area contributed by atoms with Crippen LogP contribution in [0.2, 0.25) is 0 Å². The molecule has 0 aliphatic carbocycles. The van der Waals surface area contributed by atoms with E-state index in [0.29, 0.717) is 31.6 Å². The second-order valence-electron chi connectivity index (χ2n) is 27.3. The molecule has 0 aliphatic rings. The van der Waals surface area contributed by atoms with Gasteiger partial charge in [-0.2, -0.15) is 0 Å². The third-order valence-electron chi connectivity index (χ3n) is 16.7. The summed E-state index contributed by atoms with van der Waals surface area (Å²) in [6, 6.07) is 0. The van der Waals surface area contributed by atoms with E-state index in [1.165, 1.54) is 148 Å². The van der Waals surface area contributed by atoms with Crippen LogP contribution in [0.3, 0.4) is 0 Å². The van der Waals surface area contributed by atoms with Gasteiger partial charge in [0.25, 0.3) is 0 Å². The lowest BCUT2D eigenvalue weighted by atomic mass is 10.00. The number of phosphoric ester groups is 2. The van der Waals surface area contributed by atoms with E-state index in [9.17, 15) is 43.2 Å². The van der Waals surface area contributed by atoms with E-state index < -0.39 is 97.5 Å². The van der Waals surface area contributed by atoms with Gasteiger partial charge in [0.15, 0.2) is 12.2 Å². The average molecular weight is 1330 g/mol. The summed E-state index contributed by atoms with van der Waals surface area (Å²) in [6.45, 7) is 14.1. The van der Waals surface area contributed by atoms with Crippen LogP contribution in [0.1, 0.15) is 351 Å². The third kappa shape index (κ3) is 63.5. The molecule has 0 saturated carbocycles. The fourth-order valence-electron chi connectivity index (χ4n) is 10.6. The van der Waals surface area contributed by atoms with Crippen LogP contribution in [0.15, 0.2) is 0 Å². The Balaban J connectivity index is 5.24. The van der Waals surface area contributed by atoms with Crippen LogP contribution in [0.25, 0.3) is 0 Å². The molecule has 17 nitrogen and oxygen atoms in total. The van der Waals surface area contributed by atoms with E-state index in [4.69, 9.17) is 37.0 Å². The molecule has 6 atom stereocenters. The van der Waals surface area contributed by atoms with Crippen molar-refractivity contribution in [2.45, 2.75) is 369 Å². The molecule has 0 spiro atoms. The van der Waals surface area contributed by atoms with E-state index in [2.05, 4.69) is 55.4 Å². The molecule has 0 radical (unpaired) electrons. The minimum absolute atomic E-state index is 0.102. The molecule has 0 amide bonds. The number of phosphoric acid groups is 2. The van der Waals surface area contributed by atoms with Gasteiger partial charge in [-0.15, -0.1) is 0 Å². The summed E-state index contributed by atoms with van der Waals surface area (Å²) in [7, 11) is -9.90. The number of hydrogen-bond donors (Lipinski definition) is 3. The standard InChI is InChI=1S/C71H138O17P2/c1-9-64(8)50-42-34-29-30-36-44-52-69(74)82-58-67(88-71(76)54-46-38-28-22-25-33-41-49-63(6)7)60-86-90(79,80)84-56-65(72)55-83-89(77,78)85-59-66(57-81-68(73)51-43-35-26-20-17-16-19-24-32-40-48-62(4)5)87-70(75)53-45-37-27-21-15-13-11-10-12-14-18-23-31-39-47-61(2)3/h61-67,72H,9-60H2,1-8H3,(H,77,78)(H,79,80)/t64?,65-,66-,67-/m1/s1. The molecule has 0 aliphatic heterocycles. The lowest BCUT2D eigenvalue weighted by Crippen LogP contribution is -2.30. The van der Waals surface area contributed by atoms with Crippen molar-refractivity contribution in [3.63, 3.8) is 0 Å². The zero-order valence-electron chi connectivity index (χ0n) is 58.8. The molecule has 19 heteroatoms. The van der Waals surface area contributed by atoms with Gasteiger partial charge in [0.2, 0.25) is 0 Å². The van der Waals surface area contributed by atoms with E-state index in [0.717, 1.165) is 114 Å². The highest BCUT2D eigenvalue weighted by Crippen LogP contribution is 2.45. The van der Waals surface area contributed by atoms with Crippen molar-refractivity contribution in [3.05, 3.63) is 0 Å². The minimum Gasteiger partial charge on any atom is -0.462 e. The van der Waals surface area contributed by atoms with Gasteiger partial charge in [0, 0.05) is 25.7 Å². The van der Waals surface area contributed by atoms with Gasteiger partial charge in [-0.25, -0.2) is 9.13 Å². The molecule has 3 unspecified atom stereocenters. The van der Waals surface area contributed by atoms with Crippen molar-refractivity contribution >= 4 is 39.5 Å². The number of carbonyl (C=O) groups is 4. The molecule has 0 aromatic heterocycles. The predicted octanol–water partition coefficient (Wildman–Crippen LogP) is 20.1. The summed E-state index contributed by atoms with van der Waals surface area (Å²) < 4.78 is 68.3. The van der Waals surface area contributed by atoms with Crippen molar-refractivity contribution in [1.29, 1.82) is 0 Å². The van der Waals surface area contributed by atoms with Gasteiger partial charge >= 0.3 is 39.5 Å². The summed E-state index contributed by atoms with van der Waals surface area (Å²) in [5.74, 6) is 0.850. The fraction of sp³-hybridized carbons (Fsp3) is 0.944. The number of carbonyl (C=O) groups excluding carboxylic acids is 4. The lowest BCUT2D eigenvalue weighted by molar-refractivity contribution is -0.161. The highest BCUT2D eigenvalue weighted by molar-refractivity contribution is 7.47. The molecule has 0 bridgehead atoms. The second kappa shape index (κ2) is 60.7. The first-order chi connectivity index (χ1) is 43.1. The molecule has 0 heterocycles. The third-order valence-corrected chi connectivity index (χ3v) is 18.6. The Kier molecular flexibility index (Phi) is 59.4. The van der Waals surface area contributed by atoms with E-state index >= 15 is 0 Å². The molecule has 0 fully saturated rings. The Morgan fingerprint density at radius 3 is 0.789 bits per heavy atom. The van der Waals surface area contributed by atoms with E-state index in [1.807, 2.05) is 0 Å². The maximum absolute atomic E-state index is 13.0. The van der Waals surface area contributed by atoms with Gasteiger partial charge in [0.05, 0.1) is 26.4 Å². The minimum atomic E-state index is -4.95. The van der Waals surface area contributed by atoms with Gasteiger partial charge < -0.3 is 33.8 Å². The first kappa shape index (κ1) is 88.1. The van der Waals surface area contributed by atoms with Crippen LogP contribution in [-0.4, -0.2) is 96.7 Å². The SMILES string of the molecule is CCC(C)CCCCCCCCC(=O)OC[C@H](COP(=O)(O)OC[C@H](O)COP(=O)(O)OC[C@@H](COC(=O)CCCCCCCCCCCCC(C)C)OC(=O)CCCCCCCCCCCCCCCCC(C)C)OC(=O)CCCCCCCCCC(C)C. The van der Waals surface area contributed by atoms with Gasteiger partial charge in [-0.3, -0.25) is 37.3 Å². The van der Waals surface area contributed by atoms with Crippen LogP contribution in [0, 0.1) is 23.7 Å². The maximum Gasteiger partial charge on any atom is 0.472 e. The highest BCUT2D eigenvalue weighted by Gasteiger charge is 2.30. The van der Waals surface area contributed by atoms with Crippen molar-refractivity contribution in [2.24, 2.45) is 23.7 Å². The van der Waals surface area contributed by atoms with Crippen LogP contribution in [0.4, 0.5) is 0 Å². The van der Waals surface area contributed by atoms with Gasteiger partial charge in [-0.1, -0.05) is 299 Å². The molecule has 0 rings (SSSR count). The van der Waals surface area contributed by atoms with Crippen LogP contribution < -0.4 is 0 Å². The van der Waals surface area contributed by atoms with Crippen LogP contribution >= 0.6 is 15.6 Å². The largest absolute Gasteiger partial charge is 0.472 e. The summed E-state index contributed by atoms with van der Waals surface area (Å²) in [5.41, 5.74) is 0. The molecule has 0 aromatic rings. The number of aliphatic hydroxyl groups excluding tert-OH is 1. The average Bonchev–Trinajstić information content (AvgIpc) is 3.12. The normalized spacial score (nSPS) is 14.6. The number of esters is 4. The molecule has 3 N–H and O–H groups in total. The topological polar surface area (TPSA) is 237 Å². The van der Waals surface area contributed by atoms with Gasteiger partial charge in [0.1, 0.15) is 19.3 Å². The summed E-state index contributed by atoms with van der Waals surface area (Å²) >= 11 is 0. The highest BCUT2D eigenvalue weighted by atomic mass is 31.2. The Morgan fingerprint density at radius 2 is 0.533 bits per heavy atom. The quantitative estimate of drug-likeness (QED) is 0.0222. The molecular formula is C71H138O17P2. The Morgan fingerprint density at radius 1 is 0.311 bits per heavy atom. The number of rotatable bonds is 68. The Labute approximate surface area is 549 Å². The predicted molar refractivity (Wildman–Crippen MR) is 363 cm³/mol. The van der Waals surface area contributed by atoms with Crippen molar-refractivity contribution in [2.75, 3.05) is 39.6 Å². The molecule has 0 aromatic carbocycles. The van der Waals surface area contributed by atoms with Crippen molar-refractivity contribution < 1.29 is 80.2 Å². The first-order valence-corrected chi connectivity index (χ1v) is 39.7. The van der Waals surface area contributed by atoms with Crippen LogP contribution in [0.5, 0.6) is 0 Å². The second-order valence-corrected chi connectivity index (χ2v) is 30.2. The number of ether oxygens (including phenoxy) is 4. The monoisotopic (exact) mass is 1320 g/mol. The van der Waals surface area contributed by atoms with Crippen molar-refractivity contribution in [1.82, 2.24) is 0 Å². The maximum atomic E-state index is 13.0. The molecule has 90 heavy (non-hydrogen) atoms. The molecule has 534 valence electrons. The molecular weight excluding hydrogens is 1190 g/mol. The van der Waals surface area contributed by atoms with E-state index in [1.54, 1.807) is 0 Å². The van der Waals surface area contributed by atoms with Gasteiger partial charge in [-0.05, 0) is 49.4 Å². The summed E-state index contributed by atoms with van der Waals surface area (Å²) in [5, 5.41) is 10.6.